The molecule has 0 spiro atoms. The molecule has 0 atom stereocenters. The van der Waals surface area contributed by atoms with Gasteiger partial charge in [-0.15, -0.1) is 0 Å². The molecule has 0 aliphatic carbocycles. The molecule has 2 aromatic carbocycles. The van der Waals surface area contributed by atoms with Gasteiger partial charge in [0.05, 0.1) is 6.61 Å². The molecule has 0 unspecified atom stereocenters. The number of carbonyl (C=O) groups excluding carboxylic acids is 1. The van der Waals surface area contributed by atoms with E-state index in [0.29, 0.717) is 35.3 Å². The van der Waals surface area contributed by atoms with Gasteiger partial charge < -0.3 is 23.9 Å². The third-order valence-corrected chi connectivity index (χ3v) is 3.67. The first-order valence-electron chi connectivity index (χ1n) is 7.60. The first-order valence-corrected chi connectivity index (χ1v) is 7.60. The SMILES string of the molecule is CCOC(=O)c1cc2cc(Oc3ccc4c(c3)OCO4)ccc2[nH]1. The van der Waals surface area contributed by atoms with Gasteiger partial charge in [-0.2, -0.15) is 0 Å². The topological polar surface area (TPSA) is 69.8 Å². The lowest BCUT2D eigenvalue weighted by molar-refractivity contribution is 0.0520. The molecule has 24 heavy (non-hydrogen) atoms. The number of hydrogen-bond donors (Lipinski definition) is 1. The molecule has 4 rings (SSSR count). The van der Waals surface area contributed by atoms with Gasteiger partial charge in [0.2, 0.25) is 6.79 Å². The van der Waals surface area contributed by atoms with Gasteiger partial charge >= 0.3 is 5.97 Å². The molecular weight excluding hydrogens is 310 g/mol. The van der Waals surface area contributed by atoms with E-state index in [-0.39, 0.29) is 12.8 Å². The van der Waals surface area contributed by atoms with E-state index in [1.807, 2.05) is 30.3 Å². The van der Waals surface area contributed by atoms with Crippen molar-refractivity contribution in [2.75, 3.05) is 13.4 Å². The highest BCUT2D eigenvalue weighted by Crippen LogP contribution is 2.37. The zero-order chi connectivity index (χ0) is 16.5. The number of esters is 1. The molecule has 0 amide bonds. The van der Waals surface area contributed by atoms with E-state index in [4.69, 9.17) is 18.9 Å². The molecule has 6 heteroatoms. The van der Waals surface area contributed by atoms with Crippen LogP contribution in [0.15, 0.2) is 42.5 Å². The lowest BCUT2D eigenvalue weighted by atomic mass is 10.2. The van der Waals surface area contributed by atoms with E-state index in [2.05, 4.69) is 4.98 Å². The summed E-state index contributed by atoms with van der Waals surface area (Å²) < 4.78 is 21.5. The zero-order valence-electron chi connectivity index (χ0n) is 13.0. The maximum atomic E-state index is 11.8. The van der Waals surface area contributed by atoms with E-state index >= 15 is 0 Å². The third-order valence-electron chi connectivity index (χ3n) is 3.67. The molecule has 1 aliphatic heterocycles. The van der Waals surface area contributed by atoms with Crippen LogP contribution >= 0.6 is 0 Å². The number of hydrogen-bond acceptors (Lipinski definition) is 5. The summed E-state index contributed by atoms with van der Waals surface area (Å²) in [6, 6.07) is 12.7. The molecule has 3 aromatic rings. The van der Waals surface area contributed by atoms with Gasteiger partial charge in [-0.25, -0.2) is 4.79 Å². The second kappa shape index (κ2) is 5.81. The van der Waals surface area contributed by atoms with Crippen molar-refractivity contribution in [3.8, 4) is 23.0 Å². The van der Waals surface area contributed by atoms with Crippen molar-refractivity contribution < 1.29 is 23.7 Å². The number of ether oxygens (including phenoxy) is 4. The minimum absolute atomic E-state index is 0.227. The van der Waals surface area contributed by atoms with Crippen molar-refractivity contribution in [2.24, 2.45) is 0 Å². The van der Waals surface area contributed by atoms with Crippen molar-refractivity contribution in [3.05, 3.63) is 48.2 Å². The summed E-state index contributed by atoms with van der Waals surface area (Å²) >= 11 is 0. The predicted octanol–water partition coefficient (Wildman–Crippen LogP) is 3.87. The Morgan fingerprint density at radius 3 is 2.75 bits per heavy atom. The first kappa shape index (κ1) is 14.4. The Morgan fingerprint density at radius 2 is 1.88 bits per heavy atom. The fraction of sp³-hybridized carbons (Fsp3) is 0.167. The van der Waals surface area contributed by atoms with Crippen LogP contribution in [0.1, 0.15) is 17.4 Å². The molecule has 0 radical (unpaired) electrons. The minimum atomic E-state index is -0.369. The molecule has 0 fully saturated rings. The van der Waals surface area contributed by atoms with Gasteiger partial charge in [0.25, 0.3) is 0 Å². The number of carbonyl (C=O) groups is 1. The Kier molecular flexibility index (Phi) is 3.49. The molecule has 6 nitrogen and oxygen atoms in total. The van der Waals surface area contributed by atoms with Crippen LogP contribution in [0.4, 0.5) is 0 Å². The van der Waals surface area contributed by atoms with Crippen LogP contribution in [0.2, 0.25) is 0 Å². The minimum Gasteiger partial charge on any atom is -0.461 e. The van der Waals surface area contributed by atoms with Crippen LogP contribution in [0.25, 0.3) is 10.9 Å². The van der Waals surface area contributed by atoms with Crippen LogP contribution in [-0.4, -0.2) is 24.4 Å². The largest absolute Gasteiger partial charge is 0.461 e. The van der Waals surface area contributed by atoms with E-state index in [1.54, 1.807) is 19.1 Å². The highest BCUT2D eigenvalue weighted by Gasteiger charge is 2.15. The fourth-order valence-electron chi connectivity index (χ4n) is 2.57. The number of nitrogens with one attached hydrogen (secondary N) is 1. The summed E-state index contributed by atoms with van der Waals surface area (Å²) in [6.07, 6.45) is 0. The van der Waals surface area contributed by atoms with Crippen LogP contribution in [0.3, 0.4) is 0 Å². The highest BCUT2D eigenvalue weighted by atomic mass is 16.7. The molecule has 0 saturated carbocycles. The Morgan fingerprint density at radius 1 is 1.08 bits per heavy atom. The van der Waals surface area contributed by atoms with Gasteiger partial charge in [0, 0.05) is 17.0 Å². The Hall–Kier alpha value is -3.15. The summed E-state index contributed by atoms with van der Waals surface area (Å²) in [5, 5.41) is 0.872. The quantitative estimate of drug-likeness (QED) is 0.738. The van der Waals surface area contributed by atoms with Gasteiger partial charge in [0.15, 0.2) is 11.5 Å². The normalized spacial score (nSPS) is 12.4. The van der Waals surface area contributed by atoms with Gasteiger partial charge in [-0.05, 0) is 43.3 Å². The Bertz CT molecular complexity index is 915. The van der Waals surface area contributed by atoms with Crippen molar-refractivity contribution in [2.45, 2.75) is 6.92 Å². The lowest BCUT2D eigenvalue weighted by Gasteiger charge is -2.06. The molecule has 1 aromatic heterocycles. The molecule has 0 saturated heterocycles. The number of aromatic amines is 1. The first-order chi connectivity index (χ1) is 11.7. The standard InChI is InChI=1S/C18H15NO5/c1-2-21-18(20)15-8-11-7-12(3-5-14(11)19-15)24-13-4-6-16-17(9-13)23-10-22-16/h3-9,19H,2,10H2,1H3. The molecule has 0 bridgehead atoms. The summed E-state index contributed by atoms with van der Waals surface area (Å²) in [4.78, 5) is 14.8. The Balaban J connectivity index is 1.59. The number of H-pyrrole nitrogens is 1. The van der Waals surface area contributed by atoms with Crippen molar-refractivity contribution in [1.82, 2.24) is 4.98 Å². The molecule has 122 valence electrons. The smallest absolute Gasteiger partial charge is 0.354 e. The summed E-state index contributed by atoms with van der Waals surface area (Å²) in [5.74, 6) is 2.32. The Labute approximate surface area is 137 Å². The van der Waals surface area contributed by atoms with Crippen molar-refractivity contribution in [3.63, 3.8) is 0 Å². The van der Waals surface area contributed by atoms with E-state index in [1.165, 1.54) is 0 Å². The summed E-state index contributed by atoms with van der Waals surface area (Å²) in [6.45, 7) is 2.34. The van der Waals surface area contributed by atoms with Crippen molar-refractivity contribution in [1.29, 1.82) is 0 Å². The summed E-state index contributed by atoms with van der Waals surface area (Å²) in [7, 11) is 0. The van der Waals surface area contributed by atoms with Crippen LogP contribution in [0.5, 0.6) is 23.0 Å². The third kappa shape index (κ3) is 2.62. The van der Waals surface area contributed by atoms with Crippen LogP contribution in [0, 0.1) is 0 Å². The lowest BCUT2D eigenvalue weighted by Crippen LogP contribution is -2.04. The number of aromatic nitrogens is 1. The van der Waals surface area contributed by atoms with E-state index < -0.39 is 0 Å². The van der Waals surface area contributed by atoms with E-state index in [0.717, 1.165) is 10.9 Å². The molecule has 2 heterocycles. The zero-order valence-corrected chi connectivity index (χ0v) is 13.0. The second-order valence-electron chi connectivity index (χ2n) is 5.27. The molecule has 1 aliphatic rings. The van der Waals surface area contributed by atoms with Gasteiger partial charge in [-0.1, -0.05) is 0 Å². The maximum Gasteiger partial charge on any atom is 0.354 e. The van der Waals surface area contributed by atoms with Crippen LogP contribution < -0.4 is 14.2 Å². The number of fused-ring (bicyclic) bond motifs is 2. The second-order valence-corrected chi connectivity index (χ2v) is 5.27. The average Bonchev–Trinajstić information content (AvgIpc) is 3.20. The van der Waals surface area contributed by atoms with Crippen molar-refractivity contribution >= 4 is 16.9 Å². The van der Waals surface area contributed by atoms with Crippen LogP contribution in [-0.2, 0) is 4.74 Å². The maximum absolute atomic E-state index is 11.8. The summed E-state index contributed by atoms with van der Waals surface area (Å²) in [5.41, 5.74) is 1.27. The predicted molar refractivity (Wildman–Crippen MR) is 86.9 cm³/mol. The monoisotopic (exact) mass is 325 g/mol. The van der Waals surface area contributed by atoms with Gasteiger partial charge in [-0.3, -0.25) is 0 Å². The number of rotatable bonds is 4. The fourth-order valence-corrected chi connectivity index (χ4v) is 2.57. The average molecular weight is 325 g/mol. The van der Waals surface area contributed by atoms with Gasteiger partial charge in [0.1, 0.15) is 17.2 Å². The molecule has 1 N–H and O–H groups in total. The highest BCUT2D eigenvalue weighted by molar-refractivity contribution is 5.95. The number of benzene rings is 2. The molecular formula is C18H15NO5. The van der Waals surface area contributed by atoms with E-state index in [9.17, 15) is 4.79 Å².